The van der Waals surface area contributed by atoms with Crippen molar-refractivity contribution >= 4 is 24.0 Å². The molecular formula is C27H38N6O4. The molecule has 1 aromatic carbocycles. The second kappa shape index (κ2) is 10.5. The highest BCUT2D eigenvalue weighted by Gasteiger charge is 2.42. The molecule has 37 heavy (non-hydrogen) atoms. The predicted molar refractivity (Wildman–Crippen MR) is 142 cm³/mol. The fourth-order valence-corrected chi connectivity index (χ4v) is 4.42. The van der Waals surface area contributed by atoms with E-state index in [-0.39, 0.29) is 12.1 Å². The van der Waals surface area contributed by atoms with Crippen molar-refractivity contribution in [1.29, 1.82) is 0 Å². The molecule has 0 bridgehead atoms. The van der Waals surface area contributed by atoms with Crippen molar-refractivity contribution in [3.05, 3.63) is 47.7 Å². The average molecular weight is 511 g/mol. The monoisotopic (exact) mass is 510 g/mol. The van der Waals surface area contributed by atoms with E-state index in [9.17, 15) is 9.59 Å². The second-order valence-corrected chi connectivity index (χ2v) is 11.3. The number of cyclic esters (lactones) is 1. The molecule has 4 rings (SSSR count). The number of anilines is 2. The summed E-state index contributed by atoms with van der Waals surface area (Å²) in [4.78, 5) is 39.1. The van der Waals surface area contributed by atoms with Crippen LogP contribution in [-0.4, -0.2) is 75.9 Å². The maximum Gasteiger partial charge on any atom is 0.416 e. The van der Waals surface area contributed by atoms with E-state index in [1.54, 1.807) is 22.1 Å². The summed E-state index contributed by atoms with van der Waals surface area (Å²) in [5.41, 5.74) is 1.38. The van der Waals surface area contributed by atoms with Crippen molar-refractivity contribution in [3.63, 3.8) is 0 Å². The summed E-state index contributed by atoms with van der Waals surface area (Å²) < 4.78 is 10.7. The lowest BCUT2D eigenvalue weighted by molar-refractivity contribution is 0.0139. The molecule has 0 radical (unpaired) electrons. The number of nitrogens with one attached hydrogen (secondary N) is 1. The molecule has 2 fully saturated rings. The Morgan fingerprint density at radius 3 is 2.41 bits per heavy atom. The maximum absolute atomic E-state index is 12.3. The number of amides is 2. The SMILES string of the molecule is C[C@H](Nc1nccc(N2C(=O)OCC2(C)C)n1)c1ccc(CN2CCN(C(=O)OC(C)(C)C)CC2)cc1. The van der Waals surface area contributed by atoms with Crippen LogP contribution < -0.4 is 10.2 Å². The average Bonchev–Trinajstić information content (AvgIpc) is 3.11. The van der Waals surface area contributed by atoms with Gasteiger partial charge >= 0.3 is 12.2 Å². The van der Waals surface area contributed by atoms with Gasteiger partial charge in [0.05, 0.1) is 11.6 Å². The van der Waals surface area contributed by atoms with Gasteiger partial charge in [0.25, 0.3) is 0 Å². The molecule has 10 nitrogen and oxygen atoms in total. The Hall–Kier alpha value is -3.40. The van der Waals surface area contributed by atoms with Gasteiger partial charge in [0.15, 0.2) is 0 Å². The molecule has 10 heteroatoms. The van der Waals surface area contributed by atoms with E-state index >= 15 is 0 Å². The number of nitrogens with zero attached hydrogens (tertiary/aromatic N) is 5. The Morgan fingerprint density at radius 2 is 1.81 bits per heavy atom. The number of piperazine rings is 1. The molecule has 2 aliphatic heterocycles. The summed E-state index contributed by atoms with van der Waals surface area (Å²) in [7, 11) is 0. The van der Waals surface area contributed by atoms with Crippen LogP contribution in [0.2, 0.25) is 0 Å². The molecular weight excluding hydrogens is 472 g/mol. The molecule has 0 saturated carbocycles. The van der Waals surface area contributed by atoms with Gasteiger partial charge in [0.1, 0.15) is 18.0 Å². The van der Waals surface area contributed by atoms with Gasteiger partial charge < -0.3 is 19.7 Å². The van der Waals surface area contributed by atoms with Crippen LogP contribution >= 0.6 is 0 Å². The standard InChI is InChI=1S/C27H38N6O4/c1-19(29-23-28-12-11-22(30-23)33-25(35)36-18-27(33,5)6)21-9-7-20(8-10-21)17-31-13-15-32(16-14-31)24(34)37-26(2,3)4/h7-12,19H,13-18H2,1-6H3,(H,28,29,30)/t19-/m0/s1. The van der Waals surface area contributed by atoms with Crippen molar-refractivity contribution in [2.45, 2.75) is 65.3 Å². The van der Waals surface area contributed by atoms with Crippen molar-refractivity contribution < 1.29 is 19.1 Å². The number of aromatic nitrogens is 2. The highest BCUT2D eigenvalue weighted by molar-refractivity contribution is 5.90. The first-order valence-corrected chi connectivity index (χ1v) is 12.8. The summed E-state index contributed by atoms with van der Waals surface area (Å²) in [6.45, 7) is 15.7. The van der Waals surface area contributed by atoms with Crippen molar-refractivity contribution in [3.8, 4) is 0 Å². The van der Waals surface area contributed by atoms with E-state index in [4.69, 9.17) is 9.47 Å². The summed E-state index contributed by atoms with van der Waals surface area (Å²) in [6.07, 6.45) is 1.01. The van der Waals surface area contributed by atoms with Gasteiger partial charge in [-0.2, -0.15) is 4.98 Å². The normalized spacial score (nSPS) is 18.9. The highest BCUT2D eigenvalue weighted by atomic mass is 16.6. The number of ether oxygens (including phenoxy) is 2. The van der Waals surface area contributed by atoms with Crippen LogP contribution in [0.15, 0.2) is 36.5 Å². The molecule has 3 heterocycles. The first kappa shape index (κ1) is 26.7. The highest BCUT2D eigenvalue weighted by Crippen LogP contribution is 2.29. The summed E-state index contributed by atoms with van der Waals surface area (Å²) >= 11 is 0. The van der Waals surface area contributed by atoms with E-state index < -0.39 is 17.2 Å². The van der Waals surface area contributed by atoms with Gasteiger partial charge in [-0.1, -0.05) is 24.3 Å². The molecule has 2 aliphatic rings. The van der Waals surface area contributed by atoms with Crippen molar-refractivity contribution in [1.82, 2.24) is 19.8 Å². The number of rotatable bonds is 6. The Kier molecular flexibility index (Phi) is 7.59. The predicted octanol–water partition coefficient (Wildman–Crippen LogP) is 4.44. The molecule has 2 amide bonds. The molecule has 0 unspecified atom stereocenters. The molecule has 2 saturated heterocycles. The molecule has 1 N–H and O–H groups in total. The third kappa shape index (κ3) is 6.68. The number of carbonyl (C=O) groups is 2. The van der Waals surface area contributed by atoms with Gasteiger partial charge in [0.2, 0.25) is 5.95 Å². The van der Waals surface area contributed by atoms with E-state index in [1.165, 1.54) is 5.56 Å². The van der Waals surface area contributed by atoms with E-state index in [0.29, 0.717) is 31.5 Å². The lowest BCUT2D eigenvalue weighted by Gasteiger charge is -2.35. The minimum atomic E-state index is -0.476. The number of hydrogen-bond donors (Lipinski definition) is 1. The quantitative estimate of drug-likeness (QED) is 0.609. The topological polar surface area (TPSA) is 100 Å². The third-order valence-electron chi connectivity index (χ3n) is 6.46. The Bertz CT molecular complexity index is 1110. The van der Waals surface area contributed by atoms with Gasteiger partial charge in [-0.15, -0.1) is 0 Å². The van der Waals surface area contributed by atoms with Gasteiger partial charge in [-0.25, -0.2) is 14.6 Å². The van der Waals surface area contributed by atoms with Crippen LogP contribution in [0.4, 0.5) is 21.4 Å². The van der Waals surface area contributed by atoms with Gasteiger partial charge in [-0.05, 0) is 58.7 Å². The van der Waals surface area contributed by atoms with Crippen LogP contribution in [0, 0.1) is 0 Å². The van der Waals surface area contributed by atoms with E-state index in [1.807, 2.05) is 34.6 Å². The van der Waals surface area contributed by atoms with Crippen LogP contribution in [0.25, 0.3) is 0 Å². The van der Waals surface area contributed by atoms with Crippen molar-refractivity contribution in [2.75, 3.05) is 43.0 Å². The minimum absolute atomic E-state index is 0.0276. The van der Waals surface area contributed by atoms with Crippen molar-refractivity contribution in [2.24, 2.45) is 0 Å². The van der Waals surface area contributed by atoms with Gasteiger partial charge in [0, 0.05) is 38.9 Å². The summed E-state index contributed by atoms with van der Waals surface area (Å²) in [5.74, 6) is 0.965. The largest absolute Gasteiger partial charge is 0.447 e. The fourth-order valence-electron chi connectivity index (χ4n) is 4.42. The fraction of sp³-hybridized carbons (Fsp3) is 0.556. The molecule has 2 aromatic rings. The molecule has 0 aliphatic carbocycles. The zero-order valence-corrected chi connectivity index (χ0v) is 22.7. The summed E-state index contributed by atoms with van der Waals surface area (Å²) in [6, 6.07) is 10.2. The first-order valence-electron chi connectivity index (χ1n) is 12.8. The molecule has 1 aromatic heterocycles. The number of hydrogen-bond acceptors (Lipinski definition) is 8. The smallest absolute Gasteiger partial charge is 0.416 e. The summed E-state index contributed by atoms with van der Waals surface area (Å²) in [5, 5.41) is 3.34. The van der Waals surface area contributed by atoms with Gasteiger partial charge in [-0.3, -0.25) is 9.80 Å². The van der Waals surface area contributed by atoms with Crippen LogP contribution in [0.1, 0.15) is 58.7 Å². The molecule has 200 valence electrons. The van der Waals surface area contributed by atoms with E-state index in [2.05, 4.69) is 51.4 Å². The Morgan fingerprint density at radius 1 is 1.14 bits per heavy atom. The zero-order chi connectivity index (χ0) is 26.8. The van der Waals surface area contributed by atoms with E-state index in [0.717, 1.165) is 25.2 Å². The maximum atomic E-state index is 12.3. The van der Waals surface area contributed by atoms with Crippen LogP contribution in [0.5, 0.6) is 0 Å². The van der Waals surface area contributed by atoms with Crippen LogP contribution in [-0.2, 0) is 16.0 Å². The molecule has 0 spiro atoms. The second-order valence-electron chi connectivity index (χ2n) is 11.3. The Labute approximate surface area is 218 Å². The zero-order valence-electron chi connectivity index (χ0n) is 22.7. The first-order chi connectivity index (χ1) is 17.4. The molecule has 1 atom stereocenters. The third-order valence-corrected chi connectivity index (χ3v) is 6.46. The minimum Gasteiger partial charge on any atom is -0.447 e. The number of benzene rings is 1. The lowest BCUT2D eigenvalue weighted by Crippen LogP contribution is -2.49. The van der Waals surface area contributed by atoms with Crippen LogP contribution in [0.3, 0.4) is 0 Å². The number of carbonyl (C=O) groups excluding carboxylic acids is 2. The lowest BCUT2D eigenvalue weighted by atomic mass is 10.1. The Balaban J connectivity index is 1.30.